The predicted octanol–water partition coefficient (Wildman–Crippen LogP) is 2.93. The first-order valence-corrected chi connectivity index (χ1v) is 7.64. The minimum atomic E-state index is 0.0374. The summed E-state index contributed by atoms with van der Waals surface area (Å²) in [6.45, 7) is 7.45. The molecule has 0 saturated heterocycles. The molecule has 0 heterocycles. The maximum atomic E-state index is 9.07. The molecule has 1 aromatic carbocycles. The van der Waals surface area contributed by atoms with Crippen LogP contribution in [0.4, 0.5) is 0 Å². The summed E-state index contributed by atoms with van der Waals surface area (Å²) >= 11 is 3.52. The second kappa shape index (κ2) is 8.00. The Morgan fingerprint density at radius 1 is 1.32 bits per heavy atom. The molecular weight excluding hydrogens is 304 g/mol. The summed E-state index contributed by atoms with van der Waals surface area (Å²) in [6.07, 6.45) is 0.773. The van der Waals surface area contributed by atoms with Crippen molar-refractivity contribution < 1.29 is 5.11 Å². The fraction of sp³-hybridized carbons (Fsp3) is 0.600. The van der Waals surface area contributed by atoms with Crippen molar-refractivity contribution in [3.8, 4) is 0 Å². The van der Waals surface area contributed by atoms with E-state index in [0.717, 1.165) is 17.4 Å². The molecule has 0 aliphatic rings. The number of aliphatic hydroxyl groups excluding tert-OH is 1. The van der Waals surface area contributed by atoms with Gasteiger partial charge in [0, 0.05) is 35.7 Å². The third-order valence-corrected chi connectivity index (χ3v) is 3.78. The monoisotopic (exact) mass is 328 g/mol. The molecule has 0 spiro atoms. The van der Waals surface area contributed by atoms with Crippen LogP contribution in [0.3, 0.4) is 0 Å². The third-order valence-electron chi connectivity index (χ3n) is 3.28. The topological polar surface area (TPSA) is 49.5 Å². The van der Waals surface area contributed by atoms with E-state index in [1.165, 1.54) is 5.56 Å². The SMILES string of the molecule is CC(N)C(c1cccc(Br)c1)N(CCCO)C(C)C. The summed E-state index contributed by atoms with van der Waals surface area (Å²) in [5, 5.41) is 9.07. The summed E-state index contributed by atoms with van der Waals surface area (Å²) in [4.78, 5) is 2.36. The standard InChI is InChI=1S/C15H25BrN2O/c1-11(2)18(8-5-9-19)15(12(3)17)13-6-4-7-14(16)10-13/h4,6-7,10-12,15,19H,5,8-9,17H2,1-3H3. The molecule has 0 fully saturated rings. The average molecular weight is 329 g/mol. The first kappa shape index (κ1) is 16.6. The van der Waals surface area contributed by atoms with Crippen LogP contribution in [0.15, 0.2) is 28.7 Å². The van der Waals surface area contributed by atoms with Gasteiger partial charge in [0.15, 0.2) is 0 Å². The van der Waals surface area contributed by atoms with Crippen LogP contribution in [0.1, 0.15) is 38.8 Å². The molecule has 3 N–H and O–H groups in total. The lowest BCUT2D eigenvalue weighted by Crippen LogP contribution is -2.43. The molecule has 1 rings (SSSR count). The Labute approximate surface area is 124 Å². The highest BCUT2D eigenvalue weighted by molar-refractivity contribution is 9.10. The first-order chi connectivity index (χ1) is 8.97. The van der Waals surface area contributed by atoms with Gasteiger partial charge < -0.3 is 10.8 Å². The highest BCUT2D eigenvalue weighted by atomic mass is 79.9. The van der Waals surface area contributed by atoms with Crippen LogP contribution in [0, 0.1) is 0 Å². The summed E-state index contributed by atoms with van der Waals surface area (Å²) in [6, 6.07) is 8.91. The van der Waals surface area contributed by atoms with Crippen LogP contribution in [-0.4, -0.2) is 35.2 Å². The molecule has 2 unspecified atom stereocenters. The van der Waals surface area contributed by atoms with Gasteiger partial charge in [-0.2, -0.15) is 0 Å². The van der Waals surface area contributed by atoms with Crippen LogP contribution >= 0.6 is 15.9 Å². The van der Waals surface area contributed by atoms with Crippen LogP contribution in [0.2, 0.25) is 0 Å². The molecule has 3 nitrogen and oxygen atoms in total. The molecule has 0 radical (unpaired) electrons. The normalized spacial score (nSPS) is 14.9. The van der Waals surface area contributed by atoms with Crippen molar-refractivity contribution in [2.45, 2.75) is 45.3 Å². The molecule has 0 amide bonds. The average Bonchev–Trinajstić information content (AvgIpc) is 2.33. The number of nitrogens with two attached hydrogens (primary N) is 1. The van der Waals surface area contributed by atoms with Gasteiger partial charge in [0.1, 0.15) is 0 Å². The van der Waals surface area contributed by atoms with E-state index in [1.54, 1.807) is 0 Å². The highest BCUT2D eigenvalue weighted by Gasteiger charge is 2.25. The molecule has 19 heavy (non-hydrogen) atoms. The van der Waals surface area contributed by atoms with E-state index in [9.17, 15) is 0 Å². The molecular formula is C15H25BrN2O. The Bertz CT molecular complexity index is 382. The molecule has 4 heteroatoms. The van der Waals surface area contributed by atoms with Crippen LogP contribution < -0.4 is 5.73 Å². The van der Waals surface area contributed by atoms with Crippen molar-refractivity contribution in [2.24, 2.45) is 5.73 Å². The van der Waals surface area contributed by atoms with Gasteiger partial charge in [-0.15, -0.1) is 0 Å². The van der Waals surface area contributed by atoms with E-state index in [-0.39, 0.29) is 18.7 Å². The van der Waals surface area contributed by atoms with E-state index >= 15 is 0 Å². The molecule has 108 valence electrons. The Balaban J connectivity index is 3.03. The van der Waals surface area contributed by atoms with E-state index in [2.05, 4.69) is 46.8 Å². The maximum Gasteiger partial charge on any atom is 0.0499 e. The maximum absolute atomic E-state index is 9.07. The van der Waals surface area contributed by atoms with Gasteiger partial charge in [-0.3, -0.25) is 4.90 Å². The van der Waals surface area contributed by atoms with Gasteiger partial charge in [0.25, 0.3) is 0 Å². The molecule has 0 bridgehead atoms. The minimum Gasteiger partial charge on any atom is -0.396 e. The Hall–Kier alpha value is -0.420. The number of benzene rings is 1. The summed E-state index contributed by atoms with van der Waals surface area (Å²) < 4.78 is 1.07. The van der Waals surface area contributed by atoms with Gasteiger partial charge in [0.2, 0.25) is 0 Å². The Kier molecular flexibility index (Phi) is 7.00. The van der Waals surface area contributed by atoms with Crippen molar-refractivity contribution in [2.75, 3.05) is 13.2 Å². The summed E-state index contributed by atoms with van der Waals surface area (Å²) in [7, 11) is 0. The quantitative estimate of drug-likeness (QED) is 0.809. The minimum absolute atomic E-state index is 0.0374. The van der Waals surface area contributed by atoms with Crippen molar-refractivity contribution in [3.05, 3.63) is 34.3 Å². The van der Waals surface area contributed by atoms with Crippen molar-refractivity contribution in [3.63, 3.8) is 0 Å². The van der Waals surface area contributed by atoms with Gasteiger partial charge in [-0.05, 0) is 44.9 Å². The molecule has 0 aromatic heterocycles. The first-order valence-electron chi connectivity index (χ1n) is 6.85. The molecule has 2 atom stereocenters. The third kappa shape index (κ3) is 4.88. The van der Waals surface area contributed by atoms with Crippen LogP contribution in [0.5, 0.6) is 0 Å². The molecule has 1 aromatic rings. The number of rotatable bonds is 7. The Morgan fingerprint density at radius 3 is 2.47 bits per heavy atom. The van der Waals surface area contributed by atoms with Crippen molar-refractivity contribution in [1.82, 2.24) is 4.90 Å². The second-order valence-electron chi connectivity index (χ2n) is 5.27. The van der Waals surface area contributed by atoms with Gasteiger partial charge in [-0.25, -0.2) is 0 Å². The fourth-order valence-corrected chi connectivity index (χ4v) is 2.88. The molecule has 0 aliphatic heterocycles. The molecule has 0 saturated carbocycles. The fourth-order valence-electron chi connectivity index (χ4n) is 2.46. The van der Waals surface area contributed by atoms with Gasteiger partial charge in [0.05, 0.1) is 0 Å². The summed E-state index contributed by atoms with van der Waals surface area (Å²) in [5.74, 6) is 0. The van der Waals surface area contributed by atoms with Gasteiger partial charge >= 0.3 is 0 Å². The van der Waals surface area contributed by atoms with Crippen molar-refractivity contribution >= 4 is 15.9 Å². The van der Waals surface area contributed by atoms with E-state index < -0.39 is 0 Å². The molecule has 0 aliphatic carbocycles. The van der Waals surface area contributed by atoms with E-state index in [0.29, 0.717) is 6.04 Å². The van der Waals surface area contributed by atoms with Crippen molar-refractivity contribution in [1.29, 1.82) is 0 Å². The number of aliphatic hydroxyl groups is 1. The van der Waals surface area contributed by atoms with Crippen LogP contribution in [-0.2, 0) is 0 Å². The summed E-state index contributed by atoms with van der Waals surface area (Å²) in [5.41, 5.74) is 7.43. The largest absolute Gasteiger partial charge is 0.396 e. The second-order valence-corrected chi connectivity index (χ2v) is 6.18. The Morgan fingerprint density at radius 2 is 2.00 bits per heavy atom. The number of halogens is 1. The zero-order valence-electron chi connectivity index (χ0n) is 12.0. The van der Waals surface area contributed by atoms with Gasteiger partial charge in [-0.1, -0.05) is 28.1 Å². The van der Waals surface area contributed by atoms with E-state index in [4.69, 9.17) is 10.8 Å². The lowest BCUT2D eigenvalue weighted by Gasteiger charge is -2.37. The zero-order valence-corrected chi connectivity index (χ0v) is 13.6. The lowest BCUT2D eigenvalue weighted by molar-refractivity contribution is 0.123. The predicted molar refractivity (Wildman–Crippen MR) is 84.1 cm³/mol. The zero-order chi connectivity index (χ0) is 14.4. The smallest absolute Gasteiger partial charge is 0.0499 e. The van der Waals surface area contributed by atoms with Crippen LogP contribution in [0.25, 0.3) is 0 Å². The van der Waals surface area contributed by atoms with E-state index in [1.807, 2.05) is 19.1 Å². The highest BCUT2D eigenvalue weighted by Crippen LogP contribution is 2.27. The lowest BCUT2D eigenvalue weighted by atomic mass is 9.97. The number of hydrogen-bond donors (Lipinski definition) is 2. The number of hydrogen-bond acceptors (Lipinski definition) is 3. The number of nitrogens with zero attached hydrogens (tertiary/aromatic N) is 1.